The molecule has 0 spiro atoms. The van der Waals surface area contributed by atoms with Gasteiger partial charge in [-0.3, -0.25) is 9.59 Å². The van der Waals surface area contributed by atoms with Crippen LogP contribution in [0, 0.1) is 5.92 Å². The first kappa shape index (κ1) is 21.2. The van der Waals surface area contributed by atoms with Crippen molar-refractivity contribution in [3.8, 4) is 5.75 Å². The van der Waals surface area contributed by atoms with Crippen LogP contribution in [-0.2, 0) is 9.59 Å². The van der Waals surface area contributed by atoms with Gasteiger partial charge in [0.2, 0.25) is 5.91 Å². The molecule has 0 atom stereocenters. The summed E-state index contributed by atoms with van der Waals surface area (Å²) in [5.41, 5.74) is 2.40. The van der Waals surface area contributed by atoms with Gasteiger partial charge >= 0.3 is 0 Å². The Bertz CT molecular complexity index is 940. The Morgan fingerprint density at radius 3 is 2.19 bits per heavy atom. The number of benzene rings is 2. The van der Waals surface area contributed by atoms with Gasteiger partial charge in [-0.15, -0.1) is 0 Å². The molecular formula is C26H30N2O3. The minimum absolute atomic E-state index is 0.00387. The number of carbonyl (C=O) groups excluding carboxylic acids is 2. The van der Waals surface area contributed by atoms with E-state index in [4.69, 9.17) is 4.74 Å². The van der Waals surface area contributed by atoms with Crippen molar-refractivity contribution in [3.05, 3.63) is 65.7 Å². The van der Waals surface area contributed by atoms with E-state index in [-0.39, 0.29) is 17.7 Å². The van der Waals surface area contributed by atoms with E-state index in [0.717, 1.165) is 55.6 Å². The molecule has 162 valence electrons. The summed E-state index contributed by atoms with van der Waals surface area (Å²) in [4.78, 5) is 30.2. The SMILES string of the molecule is COc1ccccc1/C=C(/C(=O)N1CCC(C(=O)N2CCCC2)CC1)c1ccccc1. The van der Waals surface area contributed by atoms with Crippen molar-refractivity contribution in [2.24, 2.45) is 5.92 Å². The van der Waals surface area contributed by atoms with Crippen molar-refractivity contribution >= 4 is 23.5 Å². The third-order valence-corrected chi connectivity index (χ3v) is 6.30. The summed E-state index contributed by atoms with van der Waals surface area (Å²) >= 11 is 0. The highest BCUT2D eigenvalue weighted by Crippen LogP contribution is 2.28. The molecule has 0 saturated carbocycles. The van der Waals surface area contributed by atoms with E-state index in [1.807, 2.05) is 70.5 Å². The Morgan fingerprint density at radius 1 is 0.871 bits per heavy atom. The summed E-state index contributed by atoms with van der Waals surface area (Å²) in [6.07, 6.45) is 5.60. The minimum atomic E-state index is 0.00387. The number of piperidine rings is 1. The molecule has 0 N–H and O–H groups in total. The topological polar surface area (TPSA) is 49.9 Å². The molecule has 2 saturated heterocycles. The maximum atomic E-state index is 13.6. The highest BCUT2D eigenvalue weighted by molar-refractivity contribution is 6.24. The summed E-state index contributed by atoms with van der Waals surface area (Å²) < 4.78 is 5.48. The van der Waals surface area contributed by atoms with E-state index >= 15 is 0 Å². The van der Waals surface area contributed by atoms with Crippen molar-refractivity contribution in [3.63, 3.8) is 0 Å². The molecule has 5 nitrogen and oxygen atoms in total. The third kappa shape index (κ3) is 4.82. The zero-order valence-electron chi connectivity index (χ0n) is 18.1. The molecule has 2 aromatic rings. The van der Waals surface area contributed by atoms with Crippen molar-refractivity contribution in [2.75, 3.05) is 33.3 Å². The minimum Gasteiger partial charge on any atom is -0.496 e. The van der Waals surface area contributed by atoms with Gasteiger partial charge in [-0.1, -0.05) is 48.5 Å². The second-order valence-electron chi connectivity index (χ2n) is 8.26. The standard InChI is InChI=1S/C26H30N2O3/c1-31-24-12-6-5-11-22(24)19-23(20-9-3-2-4-10-20)26(30)28-17-13-21(14-18-28)25(29)27-15-7-8-16-27/h2-6,9-12,19,21H,7-8,13-18H2,1H3/b23-19+. The van der Waals surface area contributed by atoms with Crippen LogP contribution in [0.4, 0.5) is 0 Å². The van der Waals surface area contributed by atoms with E-state index in [9.17, 15) is 9.59 Å². The first-order chi connectivity index (χ1) is 15.2. The Hall–Kier alpha value is -3.08. The van der Waals surface area contributed by atoms with Crippen LogP contribution in [0.25, 0.3) is 11.6 Å². The van der Waals surface area contributed by atoms with Crippen LogP contribution in [0.5, 0.6) is 5.75 Å². The van der Waals surface area contributed by atoms with Gasteiger partial charge in [0.15, 0.2) is 0 Å². The van der Waals surface area contributed by atoms with Gasteiger partial charge in [0.1, 0.15) is 5.75 Å². The molecule has 31 heavy (non-hydrogen) atoms. The molecule has 5 heteroatoms. The number of amides is 2. The molecule has 2 aliphatic rings. The fourth-order valence-corrected chi connectivity index (χ4v) is 4.52. The molecule has 2 aromatic carbocycles. The molecule has 0 bridgehead atoms. The summed E-state index contributed by atoms with van der Waals surface area (Å²) in [5.74, 6) is 1.06. The van der Waals surface area contributed by atoms with E-state index in [1.165, 1.54) is 0 Å². The van der Waals surface area contributed by atoms with Gasteiger partial charge in [0.05, 0.1) is 7.11 Å². The molecule has 2 amide bonds. The maximum Gasteiger partial charge on any atom is 0.254 e. The number of ether oxygens (including phenoxy) is 1. The summed E-state index contributed by atoms with van der Waals surface area (Å²) in [5, 5.41) is 0. The van der Waals surface area contributed by atoms with Crippen molar-refractivity contribution in [1.29, 1.82) is 0 Å². The monoisotopic (exact) mass is 418 g/mol. The number of rotatable bonds is 5. The van der Waals surface area contributed by atoms with Crippen LogP contribution in [0.3, 0.4) is 0 Å². The molecule has 0 aromatic heterocycles. The van der Waals surface area contributed by atoms with E-state index in [0.29, 0.717) is 18.7 Å². The van der Waals surface area contributed by atoms with Crippen molar-refractivity contribution in [2.45, 2.75) is 25.7 Å². The highest BCUT2D eigenvalue weighted by Gasteiger charge is 2.32. The number of methoxy groups -OCH3 is 1. The Labute approximate surface area is 184 Å². The lowest BCUT2D eigenvalue weighted by Gasteiger charge is -2.33. The molecule has 2 fully saturated rings. The molecular weight excluding hydrogens is 388 g/mol. The van der Waals surface area contributed by atoms with Crippen LogP contribution in [0.15, 0.2) is 54.6 Å². The lowest BCUT2D eigenvalue weighted by molar-refractivity contribution is -0.138. The first-order valence-electron chi connectivity index (χ1n) is 11.2. The predicted octanol–water partition coefficient (Wildman–Crippen LogP) is 4.10. The highest BCUT2D eigenvalue weighted by atomic mass is 16.5. The van der Waals surface area contributed by atoms with Crippen LogP contribution in [-0.4, -0.2) is 54.9 Å². The second kappa shape index (κ2) is 9.82. The zero-order valence-corrected chi connectivity index (χ0v) is 18.1. The van der Waals surface area contributed by atoms with Gasteiger partial charge in [0, 0.05) is 43.2 Å². The molecule has 0 aliphatic carbocycles. The number of para-hydroxylation sites is 1. The van der Waals surface area contributed by atoms with Gasteiger partial charge in [-0.25, -0.2) is 0 Å². The van der Waals surface area contributed by atoms with E-state index < -0.39 is 0 Å². The Kier molecular flexibility index (Phi) is 6.70. The number of nitrogens with zero attached hydrogens (tertiary/aromatic N) is 2. The van der Waals surface area contributed by atoms with E-state index in [2.05, 4.69) is 0 Å². The normalized spacial score (nSPS) is 17.6. The zero-order chi connectivity index (χ0) is 21.6. The second-order valence-corrected chi connectivity index (χ2v) is 8.26. The molecule has 0 unspecified atom stereocenters. The fraction of sp³-hybridized carbons (Fsp3) is 0.385. The summed E-state index contributed by atoms with van der Waals surface area (Å²) in [6.45, 7) is 2.99. The van der Waals surface area contributed by atoms with Gasteiger partial charge in [-0.2, -0.15) is 0 Å². The molecule has 4 rings (SSSR count). The number of hydrogen-bond donors (Lipinski definition) is 0. The van der Waals surface area contributed by atoms with E-state index in [1.54, 1.807) is 7.11 Å². The Balaban J connectivity index is 1.53. The lowest BCUT2D eigenvalue weighted by Crippen LogP contribution is -2.44. The predicted molar refractivity (Wildman–Crippen MR) is 122 cm³/mol. The van der Waals surface area contributed by atoms with Crippen LogP contribution in [0.1, 0.15) is 36.8 Å². The number of likely N-dealkylation sites (tertiary alicyclic amines) is 2. The first-order valence-corrected chi connectivity index (χ1v) is 11.2. The van der Waals surface area contributed by atoms with Gasteiger partial charge in [0.25, 0.3) is 5.91 Å². The average molecular weight is 419 g/mol. The number of carbonyl (C=O) groups is 2. The smallest absolute Gasteiger partial charge is 0.254 e. The largest absolute Gasteiger partial charge is 0.496 e. The summed E-state index contributed by atoms with van der Waals surface area (Å²) in [7, 11) is 1.64. The van der Waals surface area contributed by atoms with Crippen molar-refractivity contribution < 1.29 is 14.3 Å². The molecule has 2 heterocycles. The number of hydrogen-bond acceptors (Lipinski definition) is 3. The summed E-state index contributed by atoms with van der Waals surface area (Å²) in [6, 6.07) is 17.5. The maximum absolute atomic E-state index is 13.6. The molecule has 0 radical (unpaired) electrons. The van der Waals surface area contributed by atoms with Crippen LogP contribution < -0.4 is 4.74 Å². The van der Waals surface area contributed by atoms with Crippen molar-refractivity contribution in [1.82, 2.24) is 9.80 Å². The Morgan fingerprint density at radius 2 is 1.52 bits per heavy atom. The lowest BCUT2D eigenvalue weighted by atomic mass is 9.93. The quantitative estimate of drug-likeness (QED) is 0.543. The third-order valence-electron chi connectivity index (χ3n) is 6.30. The molecule has 2 aliphatic heterocycles. The van der Waals surface area contributed by atoms with Crippen LogP contribution in [0.2, 0.25) is 0 Å². The average Bonchev–Trinajstić information content (AvgIpc) is 3.37. The van der Waals surface area contributed by atoms with Gasteiger partial charge in [-0.05, 0) is 43.4 Å². The fourth-order valence-electron chi connectivity index (χ4n) is 4.52. The van der Waals surface area contributed by atoms with Gasteiger partial charge < -0.3 is 14.5 Å². The van der Waals surface area contributed by atoms with Crippen LogP contribution >= 0.6 is 0 Å².